The minimum absolute atomic E-state index is 0.0597. The minimum atomic E-state index is -0.0597. The van der Waals surface area contributed by atoms with Crippen molar-refractivity contribution in [2.45, 2.75) is 13.5 Å². The molecule has 4 rings (SSSR count). The van der Waals surface area contributed by atoms with Crippen LogP contribution >= 0.6 is 11.3 Å². The number of rotatable bonds is 4. The molecule has 0 aliphatic rings. The topological polar surface area (TPSA) is 46.3 Å². The van der Waals surface area contributed by atoms with E-state index in [0.29, 0.717) is 12.1 Å². The first kappa shape index (κ1) is 15.6. The van der Waals surface area contributed by atoms with Crippen LogP contribution in [0.3, 0.4) is 0 Å². The summed E-state index contributed by atoms with van der Waals surface area (Å²) in [4.78, 5) is 19.2. The molecular formula is C20H16N2O2S. The van der Waals surface area contributed by atoms with E-state index in [1.54, 1.807) is 16.7 Å². The van der Waals surface area contributed by atoms with Crippen LogP contribution in [0.5, 0.6) is 0 Å². The maximum absolute atomic E-state index is 13.2. The summed E-state index contributed by atoms with van der Waals surface area (Å²) in [6, 6.07) is 17.3. The molecule has 0 fully saturated rings. The molecule has 0 bridgehead atoms. The molecule has 0 radical (unpaired) electrons. The largest absolute Gasteiger partial charge is 0.467 e. The van der Waals surface area contributed by atoms with E-state index in [0.717, 1.165) is 27.2 Å². The van der Waals surface area contributed by atoms with Crippen molar-refractivity contribution in [1.82, 2.24) is 4.98 Å². The van der Waals surface area contributed by atoms with E-state index in [1.807, 2.05) is 61.5 Å². The van der Waals surface area contributed by atoms with Crippen molar-refractivity contribution in [3.63, 3.8) is 0 Å². The molecule has 4 nitrogen and oxygen atoms in total. The van der Waals surface area contributed by atoms with Gasteiger partial charge >= 0.3 is 0 Å². The SMILES string of the molecule is Cc1ccc(N(Cc2ccco2)C(=O)c2ccc3ncsc3c2)cc1. The van der Waals surface area contributed by atoms with Crippen LogP contribution in [-0.2, 0) is 6.54 Å². The van der Waals surface area contributed by atoms with Crippen molar-refractivity contribution in [3.8, 4) is 0 Å². The summed E-state index contributed by atoms with van der Waals surface area (Å²) in [5, 5.41) is 0. The average Bonchev–Trinajstić information content (AvgIpc) is 3.31. The molecule has 5 heteroatoms. The number of anilines is 1. The first-order valence-corrected chi connectivity index (χ1v) is 8.83. The van der Waals surface area contributed by atoms with Gasteiger partial charge < -0.3 is 9.32 Å². The molecule has 0 saturated carbocycles. The van der Waals surface area contributed by atoms with Gasteiger partial charge in [0.15, 0.2) is 0 Å². The van der Waals surface area contributed by atoms with E-state index in [1.165, 1.54) is 11.3 Å². The van der Waals surface area contributed by atoms with Gasteiger partial charge in [0.05, 0.1) is 28.5 Å². The smallest absolute Gasteiger partial charge is 0.258 e. The zero-order valence-electron chi connectivity index (χ0n) is 13.7. The second-order valence-electron chi connectivity index (χ2n) is 5.84. The summed E-state index contributed by atoms with van der Waals surface area (Å²) in [6.45, 7) is 2.41. The second kappa shape index (κ2) is 6.53. The summed E-state index contributed by atoms with van der Waals surface area (Å²) in [6.07, 6.45) is 1.62. The number of fused-ring (bicyclic) bond motifs is 1. The fourth-order valence-corrected chi connectivity index (χ4v) is 3.42. The molecule has 2 aromatic carbocycles. The van der Waals surface area contributed by atoms with Crippen LogP contribution in [0.2, 0.25) is 0 Å². The zero-order valence-corrected chi connectivity index (χ0v) is 14.5. The number of furan rings is 1. The highest BCUT2D eigenvalue weighted by Gasteiger charge is 2.20. The summed E-state index contributed by atoms with van der Waals surface area (Å²) in [5.74, 6) is 0.684. The van der Waals surface area contributed by atoms with Crippen molar-refractivity contribution in [2.75, 3.05) is 4.90 Å². The maximum Gasteiger partial charge on any atom is 0.258 e. The number of hydrogen-bond acceptors (Lipinski definition) is 4. The molecule has 0 spiro atoms. The average molecular weight is 348 g/mol. The van der Waals surface area contributed by atoms with Gasteiger partial charge in [0.25, 0.3) is 5.91 Å². The molecule has 0 aliphatic heterocycles. The van der Waals surface area contributed by atoms with Crippen LogP contribution in [0.4, 0.5) is 5.69 Å². The summed E-state index contributed by atoms with van der Waals surface area (Å²) >= 11 is 1.53. The van der Waals surface area contributed by atoms with Gasteiger partial charge in [-0.05, 0) is 49.4 Å². The Morgan fingerprint density at radius 1 is 1.16 bits per heavy atom. The molecule has 2 aromatic heterocycles. The van der Waals surface area contributed by atoms with Crippen molar-refractivity contribution in [3.05, 3.63) is 83.3 Å². The van der Waals surface area contributed by atoms with E-state index in [2.05, 4.69) is 4.98 Å². The van der Waals surface area contributed by atoms with E-state index in [9.17, 15) is 4.79 Å². The minimum Gasteiger partial charge on any atom is -0.467 e. The lowest BCUT2D eigenvalue weighted by molar-refractivity contribution is 0.0983. The van der Waals surface area contributed by atoms with Crippen molar-refractivity contribution in [2.24, 2.45) is 0 Å². The summed E-state index contributed by atoms with van der Waals surface area (Å²) in [5.41, 5.74) is 5.34. The second-order valence-corrected chi connectivity index (χ2v) is 6.73. The van der Waals surface area contributed by atoms with Gasteiger partial charge in [0, 0.05) is 11.3 Å². The van der Waals surface area contributed by atoms with Gasteiger partial charge in [-0.25, -0.2) is 4.98 Å². The Balaban J connectivity index is 1.72. The molecule has 0 atom stereocenters. The third-order valence-electron chi connectivity index (χ3n) is 4.06. The number of thiazole rings is 1. The first-order valence-electron chi connectivity index (χ1n) is 7.95. The number of carbonyl (C=O) groups excluding carboxylic acids is 1. The van der Waals surface area contributed by atoms with Crippen molar-refractivity contribution < 1.29 is 9.21 Å². The lowest BCUT2D eigenvalue weighted by atomic mass is 10.1. The third-order valence-corrected chi connectivity index (χ3v) is 4.85. The van der Waals surface area contributed by atoms with Gasteiger partial charge in [-0.15, -0.1) is 11.3 Å². The zero-order chi connectivity index (χ0) is 17.2. The summed E-state index contributed by atoms with van der Waals surface area (Å²) in [7, 11) is 0. The normalized spacial score (nSPS) is 10.9. The van der Waals surface area contributed by atoms with Crippen LogP contribution in [0.25, 0.3) is 10.2 Å². The Hall–Kier alpha value is -2.92. The highest BCUT2D eigenvalue weighted by Crippen LogP contribution is 2.24. The Bertz CT molecular complexity index is 1000. The molecule has 0 saturated heterocycles. The van der Waals surface area contributed by atoms with E-state index in [4.69, 9.17) is 4.42 Å². The predicted octanol–water partition coefficient (Wildman–Crippen LogP) is 5.04. The monoisotopic (exact) mass is 348 g/mol. The first-order chi connectivity index (χ1) is 12.2. The molecule has 2 heterocycles. The van der Waals surface area contributed by atoms with Crippen LogP contribution in [0.1, 0.15) is 21.7 Å². The predicted molar refractivity (Wildman–Crippen MR) is 100 cm³/mol. The van der Waals surface area contributed by atoms with Crippen LogP contribution in [-0.4, -0.2) is 10.9 Å². The van der Waals surface area contributed by atoms with Crippen molar-refractivity contribution in [1.29, 1.82) is 0 Å². The van der Waals surface area contributed by atoms with Crippen molar-refractivity contribution >= 4 is 33.1 Å². The van der Waals surface area contributed by atoms with Gasteiger partial charge in [-0.1, -0.05) is 17.7 Å². The Kier molecular flexibility index (Phi) is 4.07. The number of carbonyl (C=O) groups is 1. The van der Waals surface area contributed by atoms with E-state index < -0.39 is 0 Å². The highest BCUT2D eigenvalue weighted by atomic mass is 32.1. The number of hydrogen-bond donors (Lipinski definition) is 0. The molecule has 1 amide bonds. The molecule has 0 N–H and O–H groups in total. The molecule has 25 heavy (non-hydrogen) atoms. The fourth-order valence-electron chi connectivity index (χ4n) is 2.71. The lowest BCUT2D eigenvalue weighted by Crippen LogP contribution is -2.30. The molecule has 4 aromatic rings. The Labute approximate surface area is 149 Å². The quantitative estimate of drug-likeness (QED) is 0.519. The van der Waals surface area contributed by atoms with E-state index in [-0.39, 0.29) is 5.91 Å². The lowest BCUT2D eigenvalue weighted by Gasteiger charge is -2.22. The maximum atomic E-state index is 13.2. The fraction of sp³-hybridized carbons (Fsp3) is 0.100. The van der Waals surface area contributed by atoms with Crippen LogP contribution < -0.4 is 4.90 Å². The van der Waals surface area contributed by atoms with Crippen LogP contribution in [0.15, 0.2) is 70.8 Å². The molecule has 124 valence electrons. The molecule has 0 aliphatic carbocycles. The number of benzene rings is 2. The standard InChI is InChI=1S/C20H16N2O2S/c1-14-4-7-16(8-5-14)22(12-17-3-2-10-24-17)20(23)15-6-9-18-19(11-15)25-13-21-18/h2-11,13H,12H2,1H3. The van der Waals surface area contributed by atoms with Gasteiger partial charge in [-0.3, -0.25) is 4.79 Å². The molecular weight excluding hydrogens is 332 g/mol. The highest BCUT2D eigenvalue weighted by molar-refractivity contribution is 7.16. The third kappa shape index (κ3) is 3.19. The van der Waals surface area contributed by atoms with E-state index >= 15 is 0 Å². The molecule has 0 unspecified atom stereocenters. The summed E-state index contributed by atoms with van der Waals surface area (Å²) < 4.78 is 6.46. The number of aromatic nitrogens is 1. The van der Waals surface area contributed by atoms with Gasteiger partial charge in [-0.2, -0.15) is 0 Å². The van der Waals surface area contributed by atoms with Gasteiger partial charge in [0.2, 0.25) is 0 Å². The number of nitrogens with zero attached hydrogens (tertiary/aromatic N) is 2. The number of aryl methyl sites for hydroxylation is 1. The van der Waals surface area contributed by atoms with Gasteiger partial charge in [0.1, 0.15) is 5.76 Å². The Morgan fingerprint density at radius 3 is 2.76 bits per heavy atom. The van der Waals surface area contributed by atoms with Crippen LogP contribution in [0, 0.1) is 6.92 Å². The Morgan fingerprint density at radius 2 is 2.00 bits per heavy atom. The number of amides is 1.